The highest BCUT2D eigenvalue weighted by molar-refractivity contribution is 7.93. The van der Waals surface area contributed by atoms with Gasteiger partial charge >= 0.3 is 0 Å². The highest BCUT2D eigenvalue weighted by Gasteiger charge is 2.26. The van der Waals surface area contributed by atoms with Crippen molar-refractivity contribution in [1.82, 2.24) is 9.97 Å². The second kappa shape index (κ2) is 9.03. The van der Waals surface area contributed by atoms with Gasteiger partial charge in [0.1, 0.15) is 10.0 Å². The molecule has 0 aliphatic heterocycles. The van der Waals surface area contributed by atoms with Gasteiger partial charge in [0.15, 0.2) is 9.84 Å². The van der Waals surface area contributed by atoms with Crippen molar-refractivity contribution in [1.29, 1.82) is 0 Å². The second-order valence-corrected chi connectivity index (χ2v) is 11.0. The monoisotopic (exact) mass is 462 g/mol. The maximum absolute atomic E-state index is 13.0. The minimum absolute atomic E-state index is 0.176. The number of hydrogen-bond acceptors (Lipinski definition) is 5. The number of sulfone groups is 1. The molecule has 7 heteroatoms. The summed E-state index contributed by atoms with van der Waals surface area (Å²) in [4.78, 5) is 8.32. The predicted molar refractivity (Wildman–Crippen MR) is 129 cm³/mol. The molecule has 0 aliphatic carbocycles. The van der Waals surface area contributed by atoms with Crippen molar-refractivity contribution in [3.05, 3.63) is 94.8 Å². The Hall–Kier alpha value is -3.34. The van der Waals surface area contributed by atoms with Crippen LogP contribution in [0.25, 0.3) is 11.0 Å². The standard InChI is InChI=1S/C25H22N2O3S2/c1-17-7-9-19(10-8-17)11-12-21-13-14-25(31-21)32(29,30)16-20(18(2)28)15-24-26-22-5-3-4-6-23(22)27-24/h3-10,13-14,20,28H,2,15-16H2,1H3,(H,26,27)/t20-/m0/s1. The molecule has 2 aromatic heterocycles. The van der Waals surface area contributed by atoms with Crippen LogP contribution in [0.4, 0.5) is 0 Å². The fraction of sp³-hybridized carbons (Fsp3) is 0.160. The number of fused-ring (bicyclic) bond motifs is 1. The van der Waals surface area contributed by atoms with Crippen LogP contribution in [-0.2, 0) is 16.3 Å². The van der Waals surface area contributed by atoms with E-state index in [0.717, 1.165) is 33.5 Å². The van der Waals surface area contributed by atoms with Gasteiger partial charge in [-0.2, -0.15) is 0 Å². The molecule has 162 valence electrons. The van der Waals surface area contributed by atoms with Crippen LogP contribution in [0, 0.1) is 24.7 Å². The van der Waals surface area contributed by atoms with Crippen LogP contribution in [0.5, 0.6) is 0 Å². The first-order valence-electron chi connectivity index (χ1n) is 10.0. The number of hydrogen-bond donors (Lipinski definition) is 2. The van der Waals surface area contributed by atoms with E-state index in [1.54, 1.807) is 12.1 Å². The third-order valence-electron chi connectivity index (χ3n) is 5.04. The van der Waals surface area contributed by atoms with Crippen LogP contribution in [0.15, 0.2) is 77.2 Å². The Kier molecular flexibility index (Phi) is 6.17. The molecular weight excluding hydrogens is 440 g/mol. The molecule has 0 aliphatic rings. The van der Waals surface area contributed by atoms with Crippen molar-refractivity contribution in [3.63, 3.8) is 0 Å². The first kappa shape index (κ1) is 21.9. The van der Waals surface area contributed by atoms with Gasteiger partial charge in [-0.05, 0) is 43.3 Å². The lowest BCUT2D eigenvalue weighted by Gasteiger charge is -2.14. The van der Waals surface area contributed by atoms with Gasteiger partial charge in [0.05, 0.1) is 27.4 Å². The van der Waals surface area contributed by atoms with Crippen molar-refractivity contribution < 1.29 is 13.5 Å². The molecule has 0 saturated heterocycles. The average molecular weight is 463 g/mol. The molecule has 0 bridgehead atoms. The number of aryl methyl sites for hydroxylation is 1. The van der Waals surface area contributed by atoms with E-state index in [1.165, 1.54) is 0 Å². The Bertz CT molecular complexity index is 1400. The summed E-state index contributed by atoms with van der Waals surface area (Å²) in [5.74, 6) is 5.58. The average Bonchev–Trinajstić information content (AvgIpc) is 3.39. The molecular formula is C25H22N2O3S2. The van der Waals surface area contributed by atoms with E-state index < -0.39 is 15.8 Å². The summed E-state index contributed by atoms with van der Waals surface area (Å²) in [6, 6.07) is 18.7. The topological polar surface area (TPSA) is 83.1 Å². The van der Waals surface area contributed by atoms with Crippen LogP contribution >= 0.6 is 11.3 Å². The van der Waals surface area contributed by atoms with E-state index in [9.17, 15) is 13.5 Å². The predicted octanol–water partition coefficient (Wildman–Crippen LogP) is 5.04. The van der Waals surface area contributed by atoms with Crippen molar-refractivity contribution >= 4 is 32.2 Å². The number of aliphatic hydroxyl groups is 1. The van der Waals surface area contributed by atoms with Gasteiger partial charge in [-0.15, -0.1) is 11.3 Å². The van der Waals surface area contributed by atoms with Crippen LogP contribution < -0.4 is 0 Å². The molecule has 4 rings (SSSR count). The molecule has 4 aromatic rings. The van der Waals surface area contributed by atoms with E-state index in [4.69, 9.17) is 0 Å². The molecule has 2 heterocycles. The molecule has 0 unspecified atom stereocenters. The number of nitrogens with one attached hydrogen (secondary N) is 1. The fourth-order valence-electron chi connectivity index (χ4n) is 3.28. The summed E-state index contributed by atoms with van der Waals surface area (Å²) in [5.41, 5.74) is 3.68. The number of aromatic amines is 1. The molecule has 0 fully saturated rings. The van der Waals surface area contributed by atoms with Crippen molar-refractivity contribution in [2.24, 2.45) is 5.92 Å². The minimum atomic E-state index is -3.63. The largest absolute Gasteiger partial charge is 0.513 e. The molecule has 0 spiro atoms. The van der Waals surface area contributed by atoms with Crippen LogP contribution in [0.1, 0.15) is 21.8 Å². The summed E-state index contributed by atoms with van der Waals surface area (Å²) >= 11 is 1.13. The SMILES string of the molecule is C=C(O)[C@@H](Cc1nc2ccccc2[nH]1)CS(=O)(=O)c1ccc(C#Cc2ccc(C)cc2)s1. The number of rotatable bonds is 6. The number of benzene rings is 2. The summed E-state index contributed by atoms with van der Waals surface area (Å²) in [6.07, 6.45) is 0.245. The number of aliphatic hydroxyl groups excluding tert-OH is 1. The van der Waals surface area contributed by atoms with Crippen LogP contribution in [0.3, 0.4) is 0 Å². The van der Waals surface area contributed by atoms with Gasteiger partial charge < -0.3 is 10.1 Å². The van der Waals surface area contributed by atoms with Gasteiger partial charge in [-0.3, -0.25) is 0 Å². The number of thiophene rings is 1. The normalized spacial score (nSPS) is 12.3. The number of allylic oxidation sites excluding steroid dienone is 1. The molecule has 32 heavy (non-hydrogen) atoms. The van der Waals surface area contributed by atoms with E-state index in [2.05, 4.69) is 28.4 Å². The summed E-state index contributed by atoms with van der Waals surface area (Å²) < 4.78 is 26.3. The van der Waals surface area contributed by atoms with Crippen molar-refractivity contribution in [2.75, 3.05) is 5.75 Å². The number of para-hydroxylation sites is 2. The zero-order chi connectivity index (χ0) is 22.7. The first-order valence-corrected chi connectivity index (χ1v) is 12.5. The summed E-state index contributed by atoms with van der Waals surface area (Å²) in [6.45, 7) is 5.60. The minimum Gasteiger partial charge on any atom is -0.513 e. The Morgan fingerprint density at radius 2 is 1.88 bits per heavy atom. The Morgan fingerprint density at radius 1 is 1.12 bits per heavy atom. The quantitative estimate of drug-likeness (QED) is 0.311. The maximum atomic E-state index is 13.0. The molecule has 1 atom stereocenters. The van der Waals surface area contributed by atoms with Gasteiger partial charge in [0, 0.05) is 17.9 Å². The lowest BCUT2D eigenvalue weighted by molar-refractivity contribution is 0.341. The summed E-state index contributed by atoms with van der Waals surface area (Å²) in [7, 11) is -3.63. The highest BCUT2D eigenvalue weighted by atomic mass is 32.2. The number of aromatic nitrogens is 2. The molecule has 2 aromatic carbocycles. The zero-order valence-electron chi connectivity index (χ0n) is 17.5. The molecule has 0 radical (unpaired) electrons. The number of imidazole rings is 1. The van der Waals surface area contributed by atoms with Gasteiger partial charge in [0.25, 0.3) is 0 Å². The second-order valence-electron chi connectivity index (χ2n) is 7.61. The fourth-order valence-corrected chi connectivity index (χ4v) is 6.13. The Morgan fingerprint density at radius 3 is 2.59 bits per heavy atom. The van der Waals surface area contributed by atoms with E-state index in [-0.39, 0.29) is 22.1 Å². The summed E-state index contributed by atoms with van der Waals surface area (Å²) in [5, 5.41) is 10.1. The molecule has 0 saturated carbocycles. The number of H-pyrrole nitrogens is 1. The van der Waals surface area contributed by atoms with Crippen LogP contribution in [0.2, 0.25) is 0 Å². The van der Waals surface area contributed by atoms with Gasteiger partial charge in [-0.25, -0.2) is 13.4 Å². The maximum Gasteiger partial charge on any atom is 0.188 e. The lowest BCUT2D eigenvalue weighted by atomic mass is 10.1. The van der Waals surface area contributed by atoms with Crippen molar-refractivity contribution in [2.45, 2.75) is 17.6 Å². The Labute approximate surface area is 191 Å². The Balaban J connectivity index is 1.50. The zero-order valence-corrected chi connectivity index (χ0v) is 19.1. The molecule has 5 nitrogen and oxygen atoms in total. The first-order chi connectivity index (χ1) is 15.3. The van der Waals surface area contributed by atoms with Gasteiger partial charge in [-0.1, -0.05) is 48.2 Å². The van der Waals surface area contributed by atoms with Gasteiger partial charge in [0.2, 0.25) is 0 Å². The molecule has 2 N–H and O–H groups in total. The third kappa shape index (κ3) is 5.10. The smallest absolute Gasteiger partial charge is 0.188 e. The van der Waals surface area contributed by atoms with E-state index >= 15 is 0 Å². The molecule has 0 amide bonds. The van der Waals surface area contributed by atoms with E-state index in [0.29, 0.717) is 10.7 Å². The number of nitrogens with zero attached hydrogens (tertiary/aromatic N) is 1. The lowest BCUT2D eigenvalue weighted by Crippen LogP contribution is -2.20. The third-order valence-corrected chi connectivity index (χ3v) is 8.44. The van der Waals surface area contributed by atoms with Crippen molar-refractivity contribution in [3.8, 4) is 11.8 Å². The van der Waals surface area contributed by atoms with E-state index in [1.807, 2.05) is 55.5 Å². The highest BCUT2D eigenvalue weighted by Crippen LogP contribution is 2.26. The van der Waals surface area contributed by atoms with Crippen LogP contribution in [-0.4, -0.2) is 29.2 Å².